The smallest absolute Gasteiger partial charge is 0.00369 e. The van der Waals surface area contributed by atoms with Crippen molar-refractivity contribution in [1.82, 2.24) is 0 Å². The second-order valence-electron chi connectivity index (χ2n) is 20.3. The van der Waals surface area contributed by atoms with Crippen molar-refractivity contribution < 1.29 is 0 Å². The zero-order valence-electron chi connectivity index (χ0n) is 45.2. The van der Waals surface area contributed by atoms with E-state index in [2.05, 4.69) is 70.9 Å². The molecule has 0 atom stereocenters. The van der Waals surface area contributed by atoms with Gasteiger partial charge in [0.15, 0.2) is 0 Å². The van der Waals surface area contributed by atoms with E-state index < -0.39 is 0 Å². The van der Waals surface area contributed by atoms with E-state index in [0.29, 0.717) is 0 Å². The maximum Gasteiger partial charge on any atom is 0.00369 e. The van der Waals surface area contributed by atoms with Gasteiger partial charge in [0.05, 0.1) is 0 Å². The Hall–Kier alpha value is 1.40. The molecule has 0 saturated heterocycles. The van der Waals surface area contributed by atoms with Crippen LogP contribution in [0, 0.1) is 0 Å². The van der Waals surface area contributed by atoms with Gasteiger partial charge in [-0.05, 0) is 25.7 Å². The van der Waals surface area contributed by atoms with E-state index in [9.17, 15) is 0 Å². The number of rotatable bonds is 58. The quantitative estimate of drug-likeness (QED) is 0.0440. The first kappa shape index (κ1) is 67.5. The fourth-order valence-corrected chi connectivity index (χ4v) is 13.5. The van der Waals surface area contributed by atoms with E-state index in [0.717, 1.165) is 0 Å². The molecule has 0 aliphatic carbocycles. The predicted octanol–water partition coefficient (Wildman–Crippen LogP) is 25.1. The maximum absolute atomic E-state index is 2.31. The first-order valence-corrected chi connectivity index (χ1v) is 35.3. The van der Waals surface area contributed by atoms with Crippen molar-refractivity contribution in [2.75, 3.05) is 23.0 Å². The van der Waals surface area contributed by atoms with Gasteiger partial charge in [-0.25, -0.2) is 0 Å². The SMILES string of the molecule is CCCCCCCCCCCCCCCCCCSSCCCCCCCCCCCCCCCCCC.CCCCCCCCCCCCSSCCCCCCCCCCCC. The van der Waals surface area contributed by atoms with Crippen molar-refractivity contribution in [3.05, 3.63) is 0 Å². The Kier molecular flexibility index (Phi) is 72.4. The summed E-state index contributed by atoms with van der Waals surface area (Å²) < 4.78 is 0. The van der Waals surface area contributed by atoms with Gasteiger partial charge >= 0.3 is 0 Å². The van der Waals surface area contributed by atoms with E-state index >= 15 is 0 Å². The van der Waals surface area contributed by atoms with Crippen LogP contribution in [0.1, 0.15) is 362 Å². The second-order valence-corrected chi connectivity index (χ2v) is 25.7. The van der Waals surface area contributed by atoms with Crippen LogP contribution >= 0.6 is 43.2 Å². The fraction of sp³-hybridized carbons (Fsp3) is 1.00. The monoisotopic (exact) mass is 973 g/mol. The van der Waals surface area contributed by atoms with Gasteiger partial charge in [0.25, 0.3) is 0 Å². The molecular formula is C60H124S4. The molecule has 0 heterocycles. The summed E-state index contributed by atoms with van der Waals surface area (Å²) >= 11 is 0. The molecule has 0 bridgehead atoms. The molecular weight excluding hydrogens is 849 g/mol. The molecule has 0 nitrogen and oxygen atoms in total. The van der Waals surface area contributed by atoms with E-state index in [4.69, 9.17) is 0 Å². The Labute approximate surface area is 425 Å². The van der Waals surface area contributed by atoms with Crippen molar-refractivity contribution in [3.63, 3.8) is 0 Å². The average Bonchev–Trinajstić information content (AvgIpc) is 3.31. The van der Waals surface area contributed by atoms with Gasteiger partial charge in [-0.15, -0.1) is 0 Å². The van der Waals surface area contributed by atoms with Crippen LogP contribution in [0.3, 0.4) is 0 Å². The predicted molar refractivity (Wildman–Crippen MR) is 313 cm³/mol. The van der Waals surface area contributed by atoms with Crippen molar-refractivity contribution in [1.29, 1.82) is 0 Å². The highest BCUT2D eigenvalue weighted by Crippen LogP contribution is 2.26. The summed E-state index contributed by atoms with van der Waals surface area (Å²) in [7, 11) is 8.54. The van der Waals surface area contributed by atoms with E-state index in [-0.39, 0.29) is 0 Å². The third-order valence-electron chi connectivity index (χ3n) is 13.5. The van der Waals surface area contributed by atoms with Gasteiger partial charge in [0, 0.05) is 23.0 Å². The molecule has 0 N–H and O–H groups in total. The van der Waals surface area contributed by atoms with E-state index in [1.165, 1.54) is 357 Å². The Morgan fingerprint density at radius 3 is 0.328 bits per heavy atom. The minimum absolute atomic E-state index is 1.37. The summed E-state index contributed by atoms with van der Waals surface area (Å²) in [5, 5.41) is 0. The molecule has 0 rings (SSSR count). The molecule has 0 fully saturated rings. The van der Waals surface area contributed by atoms with Crippen LogP contribution in [0.5, 0.6) is 0 Å². The van der Waals surface area contributed by atoms with Crippen LogP contribution < -0.4 is 0 Å². The molecule has 64 heavy (non-hydrogen) atoms. The summed E-state index contributed by atoms with van der Waals surface area (Å²) in [5.74, 6) is 5.50. The normalized spacial score (nSPS) is 11.4. The molecule has 4 heteroatoms. The highest BCUT2D eigenvalue weighted by Gasteiger charge is 1.99. The summed E-state index contributed by atoms with van der Waals surface area (Å²) in [6.45, 7) is 9.21. The van der Waals surface area contributed by atoms with Crippen molar-refractivity contribution in [2.45, 2.75) is 362 Å². The van der Waals surface area contributed by atoms with Crippen LogP contribution in [-0.4, -0.2) is 23.0 Å². The minimum Gasteiger partial charge on any atom is -0.0942 e. The summed E-state index contributed by atoms with van der Waals surface area (Å²) in [4.78, 5) is 0. The van der Waals surface area contributed by atoms with Gasteiger partial charge < -0.3 is 0 Å². The highest BCUT2D eigenvalue weighted by molar-refractivity contribution is 8.77. The van der Waals surface area contributed by atoms with Crippen LogP contribution in [0.4, 0.5) is 0 Å². The molecule has 0 spiro atoms. The highest BCUT2D eigenvalue weighted by atomic mass is 33.1. The number of hydrogen-bond acceptors (Lipinski definition) is 4. The third kappa shape index (κ3) is 70.0. The van der Waals surface area contributed by atoms with Crippen molar-refractivity contribution in [3.8, 4) is 0 Å². The maximum atomic E-state index is 2.31. The lowest BCUT2D eigenvalue weighted by Crippen LogP contribution is -1.85. The molecule has 0 radical (unpaired) electrons. The zero-order valence-corrected chi connectivity index (χ0v) is 48.5. The van der Waals surface area contributed by atoms with Gasteiger partial charge in [0.2, 0.25) is 0 Å². The standard InChI is InChI=1S/C36H74S2.C24H50S2/c1-3-5-7-9-11-13-15-17-19-21-23-25-27-29-31-33-35-37-38-36-34-32-30-28-26-24-22-20-18-16-14-12-10-8-6-4-2;1-3-5-7-9-11-13-15-17-19-21-23-25-26-24-22-20-18-16-14-12-10-8-6-4-2/h3-36H2,1-2H3;3-24H2,1-2H3. The molecule has 0 aliphatic heterocycles. The molecule has 0 aromatic carbocycles. The second kappa shape index (κ2) is 68.7. The molecule has 0 aromatic rings. The first-order chi connectivity index (χ1) is 31.8. The number of hydrogen-bond donors (Lipinski definition) is 0. The largest absolute Gasteiger partial charge is 0.0942 e. The first-order valence-electron chi connectivity index (χ1n) is 30.3. The van der Waals surface area contributed by atoms with Crippen LogP contribution in [0.25, 0.3) is 0 Å². The Balaban J connectivity index is 0. The van der Waals surface area contributed by atoms with Gasteiger partial charge in [-0.3, -0.25) is 0 Å². The van der Waals surface area contributed by atoms with Crippen molar-refractivity contribution >= 4 is 43.2 Å². The molecule has 0 unspecified atom stereocenters. The average molecular weight is 974 g/mol. The third-order valence-corrected chi connectivity index (χ3v) is 18.6. The molecule has 0 amide bonds. The summed E-state index contributed by atoms with van der Waals surface area (Å²) in [6, 6.07) is 0. The zero-order chi connectivity index (χ0) is 46.4. The topological polar surface area (TPSA) is 0 Å². The summed E-state index contributed by atoms with van der Waals surface area (Å²) in [6.07, 6.45) is 76.1. The van der Waals surface area contributed by atoms with Crippen LogP contribution in [0.2, 0.25) is 0 Å². The minimum atomic E-state index is 1.37. The van der Waals surface area contributed by atoms with Crippen LogP contribution in [0.15, 0.2) is 0 Å². The molecule has 0 aliphatic rings. The van der Waals surface area contributed by atoms with Gasteiger partial charge in [-0.1, -0.05) is 379 Å². The fourth-order valence-electron chi connectivity index (χ4n) is 8.95. The molecule has 0 aromatic heterocycles. The molecule has 0 saturated carbocycles. The van der Waals surface area contributed by atoms with E-state index in [1.807, 2.05) is 0 Å². The lowest BCUT2D eigenvalue weighted by Gasteiger charge is -2.04. The number of unbranched alkanes of at least 4 members (excludes halogenated alkanes) is 48. The Bertz CT molecular complexity index is 670. The van der Waals surface area contributed by atoms with E-state index in [1.54, 1.807) is 0 Å². The lowest BCUT2D eigenvalue weighted by atomic mass is 10.0. The van der Waals surface area contributed by atoms with Crippen LogP contribution in [-0.2, 0) is 0 Å². The lowest BCUT2D eigenvalue weighted by molar-refractivity contribution is 0.531. The Morgan fingerprint density at radius 1 is 0.125 bits per heavy atom. The van der Waals surface area contributed by atoms with Crippen molar-refractivity contribution in [2.24, 2.45) is 0 Å². The molecule has 388 valence electrons. The summed E-state index contributed by atoms with van der Waals surface area (Å²) in [5.41, 5.74) is 0. The van der Waals surface area contributed by atoms with Gasteiger partial charge in [-0.2, -0.15) is 0 Å². The van der Waals surface area contributed by atoms with Gasteiger partial charge in [0.1, 0.15) is 0 Å². The Morgan fingerprint density at radius 2 is 0.219 bits per heavy atom.